The van der Waals surface area contributed by atoms with Gasteiger partial charge in [0, 0.05) is 0 Å². The van der Waals surface area contributed by atoms with Crippen LogP contribution in [0.25, 0.3) is 0 Å². The highest BCUT2D eigenvalue weighted by Gasteiger charge is 1.80. The molecule has 0 unspecified atom stereocenters. The molecule has 0 aromatic heterocycles. The second-order valence-corrected chi connectivity index (χ2v) is 1.52. The van der Waals surface area contributed by atoms with Gasteiger partial charge in [-0.15, -0.1) is 0 Å². The molecule has 0 aliphatic carbocycles. The van der Waals surface area contributed by atoms with Gasteiger partial charge in [0.25, 0.3) is 0 Å². The van der Waals surface area contributed by atoms with Crippen molar-refractivity contribution in [2.45, 2.75) is 0 Å². The molecule has 0 saturated heterocycles. The Kier molecular flexibility index (Phi) is 23.5. The first-order chi connectivity index (χ1) is 3.93. The molecule has 0 amide bonds. The monoisotopic (exact) mass is 182 g/mol. The van der Waals surface area contributed by atoms with Crippen molar-refractivity contribution in [2.75, 3.05) is 7.11 Å². The van der Waals surface area contributed by atoms with Gasteiger partial charge in [0.1, 0.15) is 5.75 Å². The molecule has 0 N–H and O–H groups in total. The molecule has 0 bridgehead atoms. The van der Waals surface area contributed by atoms with E-state index in [1.807, 2.05) is 30.3 Å². The van der Waals surface area contributed by atoms with Crippen molar-refractivity contribution < 1.29 is 18.9 Å². The Morgan fingerprint density at radius 2 is 1.33 bits per heavy atom. The molecular weight excluding hydrogens is 168 g/mol. The van der Waals surface area contributed by atoms with Gasteiger partial charge in [-0.05, 0) is 12.1 Å². The van der Waals surface area contributed by atoms with E-state index in [-0.39, 0.29) is 22.5 Å². The standard InChI is InChI=1S/C7H8O.BH3.3FH/c1-8-7-5-3-2-4-6-7;;;;/h2-6H,1H3;1H3;3*1H. The first-order valence-electron chi connectivity index (χ1n) is 2.52. The van der Waals surface area contributed by atoms with Crippen molar-refractivity contribution in [3.8, 4) is 5.75 Å². The molecule has 0 spiro atoms. The number of methoxy groups -OCH3 is 1. The van der Waals surface area contributed by atoms with Gasteiger partial charge in [-0.1, -0.05) is 18.2 Å². The minimum atomic E-state index is 0. The predicted octanol–water partition coefficient (Wildman–Crippen LogP) is 0.969. The van der Waals surface area contributed by atoms with Gasteiger partial charge in [-0.2, -0.15) is 0 Å². The van der Waals surface area contributed by atoms with Gasteiger partial charge in [0.15, 0.2) is 0 Å². The second-order valence-electron chi connectivity index (χ2n) is 1.52. The maximum absolute atomic E-state index is 4.91. The van der Waals surface area contributed by atoms with Gasteiger partial charge < -0.3 is 4.74 Å². The summed E-state index contributed by atoms with van der Waals surface area (Å²) in [4.78, 5) is 0. The van der Waals surface area contributed by atoms with E-state index in [0.29, 0.717) is 0 Å². The Morgan fingerprint density at radius 1 is 0.917 bits per heavy atom. The number of halogens is 3. The normalized spacial score (nSPS) is 5.75. The fourth-order valence-corrected chi connectivity index (χ4v) is 0.557. The first kappa shape index (κ1) is 22.4. The molecule has 0 atom stereocenters. The number of hydrogen-bond acceptors (Lipinski definition) is 1. The largest absolute Gasteiger partial charge is 0.497 e. The van der Waals surface area contributed by atoms with E-state index >= 15 is 0 Å². The SMILES string of the molecule is B.COc1ccccc1.F.F.F. The Bertz CT molecular complexity index is 160. The highest BCUT2D eigenvalue weighted by Crippen LogP contribution is 2.05. The lowest BCUT2D eigenvalue weighted by atomic mass is 10.3. The molecule has 0 fully saturated rings. The summed E-state index contributed by atoms with van der Waals surface area (Å²) in [7, 11) is 1.66. The van der Waals surface area contributed by atoms with Crippen LogP contribution in [-0.2, 0) is 0 Å². The van der Waals surface area contributed by atoms with Crippen LogP contribution in [-0.4, -0.2) is 15.5 Å². The van der Waals surface area contributed by atoms with E-state index in [1.165, 1.54) is 0 Å². The first-order valence-corrected chi connectivity index (χ1v) is 2.52. The molecule has 0 aliphatic heterocycles. The Hall–Kier alpha value is -1.13. The minimum Gasteiger partial charge on any atom is -0.497 e. The van der Waals surface area contributed by atoms with E-state index in [1.54, 1.807) is 7.11 Å². The maximum atomic E-state index is 4.91. The summed E-state index contributed by atoms with van der Waals surface area (Å²) >= 11 is 0. The summed E-state index contributed by atoms with van der Waals surface area (Å²) in [6, 6.07) is 9.68. The van der Waals surface area contributed by atoms with Crippen LogP contribution in [0.2, 0.25) is 0 Å². The summed E-state index contributed by atoms with van der Waals surface area (Å²) in [5.41, 5.74) is 0. The third-order valence-corrected chi connectivity index (χ3v) is 0.979. The molecule has 12 heavy (non-hydrogen) atoms. The van der Waals surface area contributed by atoms with Gasteiger partial charge in [-0.3, -0.25) is 14.1 Å². The minimum absolute atomic E-state index is 0. The van der Waals surface area contributed by atoms with Crippen molar-refractivity contribution in [1.82, 2.24) is 0 Å². The highest BCUT2D eigenvalue weighted by molar-refractivity contribution is 5.75. The van der Waals surface area contributed by atoms with Crippen molar-refractivity contribution >= 4 is 8.41 Å². The van der Waals surface area contributed by atoms with Gasteiger partial charge in [-0.25, -0.2) is 0 Å². The number of para-hydroxylation sites is 1. The summed E-state index contributed by atoms with van der Waals surface area (Å²) in [6.45, 7) is 0. The molecule has 1 rings (SSSR count). The van der Waals surface area contributed by atoms with Gasteiger partial charge >= 0.3 is 0 Å². The van der Waals surface area contributed by atoms with Crippen LogP contribution < -0.4 is 4.74 Å². The molecular formula is C7H14BF3O. The third-order valence-electron chi connectivity index (χ3n) is 0.979. The van der Waals surface area contributed by atoms with Crippen molar-refractivity contribution in [2.24, 2.45) is 0 Å². The Labute approximate surface area is 71.4 Å². The van der Waals surface area contributed by atoms with Crippen molar-refractivity contribution in [1.29, 1.82) is 0 Å². The molecule has 1 nitrogen and oxygen atoms in total. The number of rotatable bonds is 1. The lowest BCUT2D eigenvalue weighted by Crippen LogP contribution is -1.78. The van der Waals surface area contributed by atoms with Crippen LogP contribution in [0.5, 0.6) is 5.75 Å². The van der Waals surface area contributed by atoms with Gasteiger partial charge in [0.2, 0.25) is 0 Å². The molecule has 72 valence electrons. The lowest BCUT2D eigenvalue weighted by Gasteiger charge is -1.93. The number of ether oxygens (including phenoxy) is 1. The Balaban J connectivity index is -0.0000000800. The van der Waals surface area contributed by atoms with E-state index in [2.05, 4.69) is 0 Å². The average Bonchev–Trinajstić information content (AvgIpc) is 1.90. The zero-order valence-electron chi connectivity index (χ0n) is 6.02. The zero-order valence-corrected chi connectivity index (χ0v) is 6.02. The molecule has 1 aromatic carbocycles. The molecule has 0 heterocycles. The molecule has 0 radical (unpaired) electrons. The maximum Gasteiger partial charge on any atom is 0.118 e. The second kappa shape index (κ2) is 12.5. The molecule has 5 heteroatoms. The summed E-state index contributed by atoms with van der Waals surface area (Å²) in [5, 5.41) is 0. The fourth-order valence-electron chi connectivity index (χ4n) is 0.557. The fraction of sp³-hybridized carbons (Fsp3) is 0.143. The molecule has 0 aliphatic rings. The average molecular weight is 182 g/mol. The van der Waals surface area contributed by atoms with Crippen molar-refractivity contribution in [3.63, 3.8) is 0 Å². The smallest absolute Gasteiger partial charge is 0.118 e. The van der Waals surface area contributed by atoms with Crippen LogP contribution in [0.4, 0.5) is 14.1 Å². The predicted molar refractivity (Wildman–Crippen MR) is 50.4 cm³/mol. The molecule has 1 aromatic rings. The summed E-state index contributed by atoms with van der Waals surface area (Å²) < 4.78 is 4.91. The van der Waals surface area contributed by atoms with E-state index in [9.17, 15) is 0 Å². The van der Waals surface area contributed by atoms with Crippen LogP contribution in [0, 0.1) is 0 Å². The summed E-state index contributed by atoms with van der Waals surface area (Å²) in [6.07, 6.45) is 0. The quantitative estimate of drug-likeness (QED) is 0.588. The van der Waals surface area contributed by atoms with E-state index in [0.717, 1.165) is 5.75 Å². The van der Waals surface area contributed by atoms with Gasteiger partial charge in [0.05, 0.1) is 15.5 Å². The van der Waals surface area contributed by atoms with Crippen LogP contribution in [0.3, 0.4) is 0 Å². The van der Waals surface area contributed by atoms with Crippen LogP contribution in [0.15, 0.2) is 30.3 Å². The van der Waals surface area contributed by atoms with E-state index < -0.39 is 0 Å². The van der Waals surface area contributed by atoms with Crippen LogP contribution >= 0.6 is 0 Å². The van der Waals surface area contributed by atoms with Crippen LogP contribution in [0.1, 0.15) is 0 Å². The molecule has 0 saturated carbocycles. The van der Waals surface area contributed by atoms with Crippen molar-refractivity contribution in [3.05, 3.63) is 30.3 Å². The Morgan fingerprint density at radius 3 is 1.58 bits per heavy atom. The number of hydrogen-bond donors (Lipinski definition) is 0. The topological polar surface area (TPSA) is 9.23 Å². The number of benzene rings is 1. The zero-order chi connectivity index (χ0) is 5.82. The highest BCUT2D eigenvalue weighted by atomic mass is 19.0. The third kappa shape index (κ3) is 6.99. The lowest BCUT2D eigenvalue weighted by molar-refractivity contribution is 0.415. The van der Waals surface area contributed by atoms with E-state index in [4.69, 9.17) is 4.74 Å². The summed E-state index contributed by atoms with van der Waals surface area (Å²) in [5.74, 6) is 0.910.